The molecule has 0 aliphatic heterocycles. The van der Waals surface area contributed by atoms with Crippen LogP contribution in [0.3, 0.4) is 0 Å². The van der Waals surface area contributed by atoms with Crippen molar-refractivity contribution in [2.75, 3.05) is 7.05 Å². The molecular formula is C19H19ClFN3O2. The lowest BCUT2D eigenvalue weighted by atomic mass is 9.99. The highest BCUT2D eigenvalue weighted by molar-refractivity contribution is 6.31. The second kappa shape index (κ2) is 8.15. The molecule has 0 radical (unpaired) electrons. The predicted molar refractivity (Wildman–Crippen MR) is 97.5 cm³/mol. The van der Waals surface area contributed by atoms with E-state index in [1.807, 2.05) is 6.07 Å². The average Bonchev–Trinajstić information content (AvgIpc) is 2.57. The lowest BCUT2D eigenvalue weighted by Crippen LogP contribution is -2.27. The number of pyridine rings is 1. The quantitative estimate of drug-likeness (QED) is 0.871. The van der Waals surface area contributed by atoms with Crippen LogP contribution in [0.1, 0.15) is 34.4 Å². The summed E-state index contributed by atoms with van der Waals surface area (Å²) < 4.78 is 13.9. The number of aryl methyl sites for hydroxylation is 1. The molecule has 0 aliphatic rings. The number of hydrogen-bond acceptors (Lipinski definition) is 3. The molecule has 1 aromatic heterocycles. The highest BCUT2D eigenvalue weighted by Gasteiger charge is 2.17. The van der Waals surface area contributed by atoms with Crippen molar-refractivity contribution >= 4 is 17.5 Å². The van der Waals surface area contributed by atoms with Crippen LogP contribution in [0, 0.1) is 31.0 Å². The Morgan fingerprint density at radius 3 is 2.65 bits per heavy atom. The van der Waals surface area contributed by atoms with Crippen LogP contribution in [0.4, 0.5) is 4.39 Å². The molecule has 0 saturated carbocycles. The molecule has 2 rings (SSSR count). The SMILES string of the molecule is Cc1[nH]c(=O)c(C#N)c(C)c1CCC(=O)N(C)Cc1c(F)cccc1Cl. The number of nitriles is 1. The van der Waals surface area contributed by atoms with Gasteiger partial charge in [-0.3, -0.25) is 9.59 Å². The fraction of sp³-hybridized carbons (Fsp3) is 0.316. The number of rotatable bonds is 5. The summed E-state index contributed by atoms with van der Waals surface area (Å²) in [5.41, 5.74) is 1.90. The summed E-state index contributed by atoms with van der Waals surface area (Å²) in [4.78, 5) is 28.2. The number of aromatic nitrogens is 1. The van der Waals surface area contributed by atoms with E-state index in [4.69, 9.17) is 16.9 Å². The van der Waals surface area contributed by atoms with Crippen LogP contribution in [-0.4, -0.2) is 22.8 Å². The maximum Gasteiger partial charge on any atom is 0.266 e. The van der Waals surface area contributed by atoms with Gasteiger partial charge in [0.15, 0.2) is 0 Å². The minimum absolute atomic E-state index is 0.0598. The van der Waals surface area contributed by atoms with Crippen molar-refractivity contribution in [3.8, 4) is 6.07 Å². The van der Waals surface area contributed by atoms with Crippen molar-refractivity contribution < 1.29 is 9.18 Å². The van der Waals surface area contributed by atoms with Gasteiger partial charge in [-0.05, 0) is 43.5 Å². The highest BCUT2D eigenvalue weighted by atomic mass is 35.5. The maximum absolute atomic E-state index is 13.9. The van der Waals surface area contributed by atoms with E-state index in [-0.39, 0.29) is 35.0 Å². The fourth-order valence-corrected chi connectivity index (χ4v) is 3.07. The Labute approximate surface area is 156 Å². The molecule has 1 N–H and O–H groups in total. The van der Waals surface area contributed by atoms with E-state index in [2.05, 4.69) is 4.98 Å². The Kier molecular flexibility index (Phi) is 6.17. The summed E-state index contributed by atoms with van der Waals surface area (Å²) in [5, 5.41) is 9.38. The van der Waals surface area contributed by atoms with Gasteiger partial charge < -0.3 is 9.88 Å². The third-order valence-electron chi connectivity index (χ3n) is 4.39. The number of amides is 1. The summed E-state index contributed by atoms with van der Waals surface area (Å²) >= 11 is 6.00. The second-order valence-electron chi connectivity index (χ2n) is 6.12. The summed E-state index contributed by atoms with van der Waals surface area (Å²) in [7, 11) is 1.58. The first-order chi connectivity index (χ1) is 12.3. The molecule has 7 heteroatoms. The third kappa shape index (κ3) is 4.12. The number of nitrogens with one attached hydrogen (secondary N) is 1. The van der Waals surface area contributed by atoms with Crippen LogP contribution in [0.25, 0.3) is 0 Å². The molecule has 0 fully saturated rings. The summed E-state index contributed by atoms with van der Waals surface area (Å²) in [6.45, 7) is 3.50. The fourth-order valence-electron chi connectivity index (χ4n) is 2.85. The molecule has 1 heterocycles. The van der Waals surface area contributed by atoms with Crippen molar-refractivity contribution in [3.63, 3.8) is 0 Å². The Morgan fingerprint density at radius 2 is 2.04 bits per heavy atom. The number of halogens is 2. The minimum atomic E-state index is -0.455. The van der Waals surface area contributed by atoms with E-state index in [0.29, 0.717) is 17.7 Å². The monoisotopic (exact) mass is 375 g/mol. The first-order valence-electron chi connectivity index (χ1n) is 8.05. The first-order valence-corrected chi connectivity index (χ1v) is 8.43. The van der Waals surface area contributed by atoms with E-state index < -0.39 is 11.4 Å². The number of H-pyrrole nitrogens is 1. The van der Waals surface area contributed by atoms with Gasteiger partial charge in [-0.25, -0.2) is 4.39 Å². The Morgan fingerprint density at radius 1 is 1.35 bits per heavy atom. The van der Waals surface area contributed by atoms with Gasteiger partial charge in [-0.1, -0.05) is 17.7 Å². The molecule has 26 heavy (non-hydrogen) atoms. The van der Waals surface area contributed by atoms with Gasteiger partial charge in [0.2, 0.25) is 5.91 Å². The molecule has 5 nitrogen and oxygen atoms in total. The molecule has 0 spiro atoms. The van der Waals surface area contributed by atoms with Gasteiger partial charge in [0, 0.05) is 36.3 Å². The Hall–Kier alpha value is -2.65. The van der Waals surface area contributed by atoms with Gasteiger partial charge in [-0.2, -0.15) is 5.26 Å². The lowest BCUT2D eigenvalue weighted by Gasteiger charge is -2.19. The number of aromatic amines is 1. The van der Waals surface area contributed by atoms with Gasteiger partial charge in [0.1, 0.15) is 17.4 Å². The van der Waals surface area contributed by atoms with Gasteiger partial charge in [0.25, 0.3) is 5.56 Å². The molecule has 0 unspecified atom stereocenters. The second-order valence-corrected chi connectivity index (χ2v) is 6.53. The van der Waals surface area contributed by atoms with Crippen molar-refractivity contribution in [1.82, 2.24) is 9.88 Å². The van der Waals surface area contributed by atoms with Crippen LogP contribution >= 0.6 is 11.6 Å². The molecule has 0 saturated heterocycles. The molecule has 1 amide bonds. The zero-order valence-corrected chi connectivity index (χ0v) is 15.6. The molecule has 0 atom stereocenters. The Balaban J connectivity index is 2.12. The van der Waals surface area contributed by atoms with Crippen molar-refractivity contribution in [2.45, 2.75) is 33.2 Å². The van der Waals surface area contributed by atoms with Crippen LogP contribution in [-0.2, 0) is 17.8 Å². The van der Waals surface area contributed by atoms with Crippen LogP contribution in [0.15, 0.2) is 23.0 Å². The zero-order valence-electron chi connectivity index (χ0n) is 14.8. The third-order valence-corrected chi connectivity index (χ3v) is 4.75. The van der Waals surface area contributed by atoms with Crippen LogP contribution in [0.2, 0.25) is 5.02 Å². The van der Waals surface area contributed by atoms with Gasteiger partial charge >= 0.3 is 0 Å². The molecule has 136 valence electrons. The average molecular weight is 376 g/mol. The number of nitrogens with zero attached hydrogens (tertiary/aromatic N) is 2. The number of benzene rings is 1. The van der Waals surface area contributed by atoms with E-state index in [0.717, 1.165) is 5.56 Å². The summed E-state index contributed by atoms with van der Waals surface area (Å²) in [6, 6.07) is 6.28. The van der Waals surface area contributed by atoms with Crippen LogP contribution in [0.5, 0.6) is 0 Å². The van der Waals surface area contributed by atoms with Crippen LogP contribution < -0.4 is 5.56 Å². The lowest BCUT2D eigenvalue weighted by molar-refractivity contribution is -0.130. The summed E-state index contributed by atoms with van der Waals surface area (Å²) in [6.07, 6.45) is 0.540. The normalized spacial score (nSPS) is 10.5. The van der Waals surface area contributed by atoms with Gasteiger partial charge in [0.05, 0.1) is 0 Å². The largest absolute Gasteiger partial charge is 0.341 e. The van der Waals surface area contributed by atoms with Gasteiger partial charge in [-0.15, -0.1) is 0 Å². The molecule has 0 bridgehead atoms. The van der Waals surface area contributed by atoms with Crippen molar-refractivity contribution in [3.05, 3.63) is 67.3 Å². The van der Waals surface area contributed by atoms with E-state index in [1.54, 1.807) is 27.0 Å². The standard InChI is InChI=1S/C19H19ClFN3O2/c1-11-13(12(2)23-19(26)14(11)9-22)7-8-18(25)24(3)10-15-16(20)5-4-6-17(15)21/h4-6H,7-8,10H2,1-3H3,(H,23,26). The topological polar surface area (TPSA) is 77.0 Å². The van der Waals surface area contributed by atoms with E-state index >= 15 is 0 Å². The number of carbonyl (C=O) groups is 1. The van der Waals surface area contributed by atoms with E-state index in [9.17, 15) is 14.0 Å². The Bertz CT molecular complexity index is 927. The molecule has 0 aliphatic carbocycles. The maximum atomic E-state index is 13.9. The van der Waals surface area contributed by atoms with Crippen molar-refractivity contribution in [1.29, 1.82) is 5.26 Å². The highest BCUT2D eigenvalue weighted by Crippen LogP contribution is 2.21. The smallest absolute Gasteiger partial charge is 0.266 e. The zero-order chi connectivity index (χ0) is 19.4. The predicted octanol–water partition coefficient (Wildman–Crippen LogP) is 3.25. The minimum Gasteiger partial charge on any atom is -0.341 e. The summed E-state index contributed by atoms with van der Waals surface area (Å²) in [5.74, 6) is -0.643. The van der Waals surface area contributed by atoms with Crippen molar-refractivity contribution in [2.24, 2.45) is 0 Å². The molecular weight excluding hydrogens is 357 g/mol. The number of carbonyl (C=O) groups excluding carboxylic acids is 1. The van der Waals surface area contributed by atoms with E-state index in [1.165, 1.54) is 17.0 Å². The molecule has 2 aromatic rings. The molecule has 1 aromatic carbocycles. The number of hydrogen-bond donors (Lipinski definition) is 1. The first kappa shape index (κ1) is 19.7.